The van der Waals surface area contributed by atoms with Gasteiger partial charge in [-0.3, -0.25) is 4.79 Å². The second-order valence-electron chi connectivity index (χ2n) is 4.61. The minimum absolute atomic E-state index is 0.102. The number of hydrogen-bond acceptors (Lipinski definition) is 4. The van der Waals surface area contributed by atoms with Crippen LogP contribution in [0.5, 0.6) is 0 Å². The molecule has 1 amide bonds. The van der Waals surface area contributed by atoms with Gasteiger partial charge in [-0.1, -0.05) is 30.3 Å². The van der Waals surface area contributed by atoms with Crippen LogP contribution in [0.4, 0.5) is 0 Å². The molecular formula is C15H19N3OS. The second-order valence-corrected chi connectivity index (χ2v) is 5.46. The lowest BCUT2D eigenvalue weighted by molar-refractivity contribution is -0.129. The van der Waals surface area contributed by atoms with Gasteiger partial charge in [-0.05, 0) is 7.05 Å². The van der Waals surface area contributed by atoms with Crippen LogP contribution in [0.3, 0.4) is 0 Å². The van der Waals surface area contributed by atoms with Crippen molar-refractivity contribution >= 4 is 17.2 Å². The van der Waals surface area contributed by atoms with E-state index in [2.05, 4.69) is 10.3 Å². The Morgan fingerprint density at radius 3 is 2.80 bits per heavy atom. The molecule has 0 unspecified atom stereocenters. The van der Waals surface area contributed by atoms with Crippen LogP contribution in [0.15, 0.2) is 35.7 Å². The Balaban J connectivity index is 1.98. The standard InChI is InChI=1S/C15H19N3OS/c1-16-8-9-18(2)14(19)10-13-11-20-15(17-13)12-6-4-3-5-7-12/h3-7,11,16H,8-10H2,1-2H3. The van der Waals surface area contributed by atoms with Crippen LogP contribution in [-0.2, 0) is 11.2 Å². The summed E-state index contributed by atoms with van der Waals surface area (Å²) >= 11 is 1.58. The Hall–Kier alpha value is -1.72. The molecule has 1 aromatic heterocycles. The zero-order valence-corrected chi connectivity index (χ0v) is 12.6. The maximum absolute atomic E-state index is 12.0. The number of nitrogens with zero attached hydrogens (tertiary/aromatic N) is 2. The van der Waals surface area contributed by atoms with Crippen molar-refractivity contribution in [1.29, 1.82) is 0 Å². The van der Waals surface area contributed by atoms with Crippen molar-refractivity contribution in [3.8, 4) is 10.6 Å². The van der Waals surface area contributed by atoms with E-state index in [0.717, 1.165) is 22.8 Å². The summed E-state index contributed by atoms with van der Waals surface area (Å²) in [7, 11) is 3.70. The Kier molecular flexibility index (Phi) is 5.26. The first-order chi connectivity index (χ1) is 9.70. The molecule has 0 atom stereocenters. The molecule has 1 aromatic carbocycles. The van der Waals surface area contributed by atoms with Crippen molar-refractivity contribution in [2.45, 2.75) is 6.42 Å². The van der Waals surface area contributed by atoms with Gasteiger partial charge >= 0.3 is 0 Å². The van der Waals surface area contributed by atoms with Gasteiger partial charge in [-0.2, -0.15) is 0 Å². The summed E-state index contributed by atoms with van der Waals surface area (Å²) < 4.78 is 0. The maximum Gasteiger partial charge on any atom is 0.228 e. The highest BCUT2D eigenvalue weighted by atomic mass is 32.1. The van der Waals surface area contributed by atoms with Crippen LogP contribution in [0.25, 0.3) is 10.6 Å². The van der Waals surface area contributed by atoms with Crippen LogP contribution >= 0.6 is 11.3 Å². The molecule has 0 aliphatic rings. The van der Waals surface area contributed by atoms with Crippen LogP contribution in [0, 0.1) is 0 Å². The smallest absolute Gasteiger partial charge is 0.228 e. The predicted octanol–water partition coefficient (Wildman–Crippen LogP) is 2.03. The van der Waals surface area contributed by atoms with E-state index in [1.807, 2.05) is 49.8 Å². The molecule has 4 nitrogen and oxygen atoms in total. The molecule has 0 spiro atoms. The van der Waals surface area contributed by atoms with Gasteiger partial charge in [0, 0.05) is 31.1 Å². The summed E-state index contributed by atoms with van der Waals surface area (Å²) in [6.07, 6.45) is 0.365. The van der Waals surface area contributed by atoms with Gasteiger partial charge in [0.15, 0.2) is 0 Å². The lowest BCUT2D eigenvalue weighted by Gasteiger charge is -2.16. The molecule has 2 aromatic rings. The highest BCUT2D eigenvalue weighted by molar-refractivity contribution is 7.13. The van der Waals surface area contributed by atoms with Crippen molar-refractivity contribution in [1.82, 2.24) is 15.2 Å². The minimum atomic E-state index is 0.102. The molecule has 2 rings (SSSR count). The summed E-state index contributed by atoms with van der Waals surface area (Å²) in [4.78, 5) is 18.3. The summed E-state index contributed by atoms with van der Waals surface area (Å²) in [6.45, 7) is 1.51. The number of hydrogen-bond donors (Lipinski definition) is 1. The van der Waals surface area contributed by atoms with E-state index in [1.54, 1.807) is 16.2 Å². The van der Waals surface area contributed by atoms with E-state index in [9.17, 15) is 4.79 Å². The Bertz CT molecular complexity index is 553. The maximum atomic E-state index is 12.0. The monoisotopic (exact) mass is 289 g/mol. The largest absolute Gasteiger partial charge is 0.344 e. The van der Waals surface area contributed by atoms with Gasteiger partial charge in [0.05, 0.1) is 12.1 Å². The fourth-order valence-electron chi connectivity index (χ4n) is 1.80. The average molecular weight is 289 g/mol. The number of aromatic nitrogens is 1. The first-order valence-corrected chi connectivity index (χ1v) is 7.47. The van der Waals surface area contributed by atoms with Gasteiger partial charge in [-0.25, -0.2) is 4.98 Å². The van der Waals surface area contributed by atoms with E-state index in [4.69, 9.17) is 0 Å². The van der Waals surface area contributed by atoms with Gasteiger partial charge in [-0.15, -0.1) is 11.3 Å². The SMILES string of the molecule is CNCCN(C)C(=O)Cc1csc(-c2ccccc2)n1. The van der Waals surface area contributed by atoms with Crippen molar-refractivity contribution < 1.29 is 4.79 Å². The Labute approximate surface area is 123 Å². The Morgan fingerprint density at radius 2 is 2.10 bits per heavy atom. The summed E-state index contributed by atoms with van der Waals surface area (Å²) in [5.41, 5.74) is 1.94. The zero-order chi connectivity index (χ0) is 14.4. The molecule has 1 heterocycles. The number of thiazole rings is 1. The highest BCUT2D eigenvalue weighted by Crippen LogP contribution is 2.23. The quantitative estimate of drug-likeness (QED) is 0.885. The van der Waals surface area contributed by atoms with Crippen LogP contribution < -0.4 is 5.32 Å². The fourth-order valence-corrected chi connectivity index (χ4v) is 2.62. The highest BCUT2D eigenvalue weighted by Gasteiger charge is 2.12. The van der Waals surface area contributed by atoms with Gasteiger partial charge in [0.1, 0.15) is 5.01 Å². The van der Waals surface area contributed by atoms with Gasteiger partial charge in [0.2, 0.25) is 5.91 Å². The lowest BCUT2D eigenvalue weighted by Crippen LogP contribution is -2.33. The first-order valence-electron chi connectivity index (χ1n) is 6.59. The summed E-state index contributed by atoms with van der Waals surface area (Å²) in [6, 6.07) is 10.0. The molecule has 0 aliphatic heterocycles. The van der Waals surface area contributed by atoms with E-state index in [-0.39, 0.29) is 5.91 Å². The van der Waals surface area contributed by atoms with Crippen molar-refractivity contribution in [2.24, 2.45) is 0 Å². The van der Waals surface area contributed by atoms with Crippen LogP contribution in [0.2, 0.25) is 0 Å². The van der Waals surface area contributed by atoms with Crippen molar-refractivity contribution in [3.05, 3.63) is 41.4 Å². The van der Waals surface area contributed by atoms with Crippen molar-refractivity contribution in [3.63, 3.8) is 0 Å². The molecule has 0 radical (unpaired) electrons. The Morgan fingerprint density at radius 1 is 1.35 bits per heavy atom. The number of carbonyl (C=O) groups excluding carboxylic acids is 1. The zero-order valence-electron chi connectivity index (χ0n) is 11.8. The molecule has 0 saturated carbocycles. The number of benzene rings is 1. The molecule has 0 fully saturated rings. The lowest BCUT2D eigenvalue weighted by atomic mass is 10.2. The molecular weight excluding hydrogens is 270 g/mol. The molecule has 0 bridgehead atoms. The summed E-state index contributed by atoms with van der Waals surface area (Å²) in [5.74, 6) is 0.102. The van der Waals surface area contributed by atoms with E-state index < -0.39 is 0 Å². The fraction of sp³-hybridized carbons (Fsp3) is 0.333. The molecule has 106 valence electrons. The third kappa shape index (κ3) is 3.88. The second kappa shape index (κ2) is 7.17. The topological polar surface area (TPSA) is 45.2 Å². The number of carbonyl (C=O) groups is 1. The van der Waals surface area contributed by atoms with Crippen molar-refractivity contribution in [2.75, 3.05) is 27.2 Å². The van der Waals surface area contributed by atoms with Crippen LogP contribution in [-0.4, -0.2) is 43.0 Å². The van der Waals surface area contributed by atoms with E-state index in [0.29, 0.717) is 13.0 Å². The minimum Gasteiger partial charge on any atom is -0.344 e. The third-order valence-corrected chi connectivity index (χ3v) is 3.97. The number of rotatable bonds is 6. The number of amides is 1. The molecule has 5 heteroatoms. The van der Waals surface area contributed by atoms with Gasteiger partial charge in [0.25, 0.3) is 0 Å². The molecule has 1 N–H and O–H groups in total. The van der Waals surface area contributed by atoms with E-state index >= 15 is 0 Å². The average Bonchev–Trinajstić information content (AvgIpc) is 2.94. The molecule has 0 aliphatic carbocycles. The first kappa shape index (κ1) is 14.7. The number of nitrogens with one attached hydrogen (secondary N) is 1. The number of likely N-dealkylation sites (N-methyl/N-ethyl adjacent to an activating group) is 2. The molecule has 0 saturated heterocycles. The summed E-state index contributed by atoms with van der Waals surface area (Å²) in [5, 5.41) is 5.96. The van der Waals surface area contributed by atoms with E-state index in [1.165, 1.54) is 0 Å². The third-order valence-electron chi connectivity index (χ3n) is 3.03. The normalized spacial score (nSPS) is 10.5. The van der Waals surface area contributed by atoms with Gasteiger partial charge < -0.3 is 10.2 Å². The predicted molar refractivity (Wildman–Crippen MR) is 82.8 cm³/mol. The molecule has 20 heavy (non-hydrogen) atoms. The van der Waals surface area contributed by atoms with Crippen LogP contribution in [0.1, 0.15) is 5.69 Å².